The van der Waals surface area contributed by atoms with Crippen LogP contribution in [0.5, 0.6) is 0 Å². The maximum absolute atomic E-state index is 5.84. The minimum absolute atomic E-state index is 0.139. The molecular weight excluding hydrogens is 390 g/mol. The van der Waals surface area contributed by atoms with Gasteiger partial charge in [-0.3, -0.25) is 0 Å². The Morgan fingerprint density at radius 2 is 1.00 bits per heavy atom. The molecule has 0 bridgehead atoms. The van der Waals surface area contributed by atoms with Crippen molar-refractivity contribution in [3.8, 4) is 0 Å². The third-order valence-electron chi connectivity index (χ3n) is 1.98. The molecule has 5 heteroatoms. The monoisotopic (exact) mass is 409 g/mol. The summed E-state index contributed by atoms with van der Waals surface area (Å²) in [5.74, 6) is 0.967. The summed E-state index contributed by atoms with van der Waals surface area (Å²) < 4.78 is 0. The van der Waals surface area contributed by atoms with E-state index in [1.54, 1.807) is 0 Å². The topological polar surface area (TPSA) is 52.0 Å². The molecule has 0 aliphatic heterocycles. The Morgan fingerprint density at radius 1 is 0.846 bits per heavy atom. The summed E-state index contributed by atoms with van der Waals surface area (Å²) in [7, 11) is 9.75. The molecule has 0 aliphatic carbocycles. The van der Waals surface area contributed by atoms with Gasteiger partial charge in [0.2, 0.25) is 0 Å². The molecule has 0 saturated carbocycles. The first kappa shape index (κ1) is 16.6. The molecule has 0 rings (SSSR count). The molecule has 0 aromatic heterocycles. The summed E-state index contributed by atoms with van der Waals surface area (Å²) >= 11 is -0.472. The molecule has 0 fully saturated rings. The van der Waals surface area contributed by atoms with E-state index in [4.69, 9.17) is 30.3 Å². The Labute approximate surface area is 98.1 Å². The van der Waals surface area contributed by atoms with E-state index in [1.807, 2.05) is 0 Å². The van der Waals surface area contributed by atoms with Crippen LogP contribution in [0, 0.1) is 11.8 Å². The van der Waals surface area contributed by atoms with E-state index in [-0.39, 0.29) is 12.1 Å². The van der Waals surface area contributed by atoms with E-state index >= 15 is 0 Å². The van der Waals surface area contributed by atoms with Crippen molar-refractivity contribution < 1.29 is 16.5 Å². The average Bonchev–Trinajstić information content (AvgIpc) is 2.03. The van der Waals surface area contributed by atoms with Gasteiger partial charge >= 0.3 is 35.3 Å². The summed E-state index contributed by atoms with van der Waals surface area (Å²) in [5, 5.41) is 0. The molecule has 0 heterocycles. The van der Waals surface area contributed by atoms with Crippen molar-refractivity contribution in [1.82, 2.24) is 0 Å². The molecule has 2 unspecified atom stereocenters. The van der Waals surface area contributed by atoms with Gasteiger partial charge in [0.05, 0.1) is 0 Å². The third-order valence-corrected chi connectivity index (χ3v) is 1.98. The fourth-order valence-electron chi connectivity index (χ4n) is 0.889. The standard InChI is InChI=1S/C8H20N2.2ClH.Pt/c1-5(2)7(9)8(10)6(3)4;;;/h5-8H,9-10H2,1-4H3;2*1H;/q;;;+2/p-2. The van der Waals surface area contributed by atoms with Crippen molar-refractivity contribution in [1.29, 1.82) is 0 Å². The van der Waals surface area contributed by atoms with E-state index in [0.717, 1.165) is 0 Å². The Balaban J connectivity index is 0. The first-order valence-electron chi connectivity index (χ1n) is 4.22. The summed E-state index contributed by atoms with van der Waals surface area (Å²) in [4.78, 5) is 0. The second-order valence-corrected chi connectivity index (χ2v) is 6.97. The summed E-state index contributed by atoms with van der Waals surface area (Å²) in [6, 6.07) is 0.278. The molecule has 13 heavy (non-hydrogen) atoms. The van der Waals surface area contributed by atoms with Crippen molar-refractivity contribution in [3.05, 3.63) is 0 Å². The molecule has 0 aliphatic rings. The molecule has 2 nitrogen and oxygen atoms in total. The van der Waals surface area contributed by atoms with E-state index < -0.39 is 16.5 Å². The number of rotatable bonds is 3. The van der Waals surface area contributed by atoms with Gasteiger partial charge in [0, 0.05) is 12.1 Å². The van der Waals surface area contributed by atoms with Crippen LogP contribution in [0.15, 0.2) is 0 Å². The van der Waals surface area contributed by atoms with E-state index in [2.05, 4.69) is 27.7 Å². The zero-order valence-electron chi connectivity index (χ0n) is 8.54. The van der Waals surface area contributed by atoms with Gasteiger partial charge in [0.25, 0.3) is 0 Å². The SMILES string of the molecule is CC(C)C(N)C(N)C(C)C.[Cl][Pt][Cl]. The molecule has 86 valence electrons. The zero-order valence-corrected chi connectivity index (χ0v) is 12.3. The Kier molecular flexibility index (Phi) is 12.4. The van der Waals surface area contributed by atoms with Gasteiger partial charge in [-0.25, -0.2) is 0 Å². The van der Waals surface area contributed by atoms with Crippen LogP contribution in [-0.2, 0) is 16.5 Å². The summed E-state index contributed by atoms with van der Waals surface area (Å²) in [5.41, 5.74) is 11.7. The zero-order chi connectivity index (χ0) is 11.0. The summed E-state index contributed by atoms with van der Waals surface area (Å²) in [6.07, 6.45) is 0. The molecule has 0 spiro atoms. The Morgan fingerprint density at radius 3 is 1.08 bits per heavy atom. The average molecular weight is 410 g/mol. The molecule has 0 radical (unpaired) electrons. The van der Waals surface area contributed by atoms with Crippen molar-refractivity contribution in [2.45, 2.75) is 39.8 Å². The molecular formula is C8H20Cl2N2Pt. The van der Waals surface area contributed by atoms with Crippen LogP contribution in [0.2, 0.25) is 0 Å². The van der Waals surface area contributed by atoms with Crippen molar-refractivity contribution >= 4 is 18.8 Å². The number of nitrogens with two attached hydrogens (primary N) is 2. The first-order chi connectivity index (χ1) is 5.88. The molecule has 4 N–H and O–H groups in total. The van der Waals surface area contributed by atoms with Crippen LogP contribution in [0.25, 0.3) is 0 Å². The van der Waals surface area contributed by atoms with E-state index in [0.29, 0.717) is 11.8 Å². The van der Waals surface area contributed by atoms with Crippen molar-refractivity contribution in [2.24, 2.45) is 23.3 Å². The van der Waals surface area contributed by atoms with Gasteiger partial charge in [-0.1, -0.05) is 27.7 Å². The van der Waals surface area contributed by atoms with E-state index in [9.17, 15) is 0 Å². The predicted molar refractivity (Wildman–Crippen MR) is 57.3 cm³/mol. The molecule has 0 amide bonds. The van der Waals surface area contributed by atoms with Crippen LogP contribution in [0.1, 0.15) is 27.7 Å². The number of hydrogen-bond donors (Lipinski definition) is 2. The normalized spacial score (nSPS) is 15.5. The molecule has 2 atom stereocenters. The number of halogens is 2. The van der Waals surface area contributed by atoms with Crippen LogP contribution in [-0.4, -0.2) is 12.1 Å². The van der Waals surface area contributed by atoms with Gasteiger partial charge in [0.15, 0.2) is 0 Å². The Hall–Kier alpha value is 1.19. The third kappa shape index (κ3) is 9.49. The van der Waals surface area contributed by atoms with Gasteiger partial charge in [-0.2, -0.15) is 0 Å². The molecule has 0 aromatic carbocycles. The van der Waals surface area contributed by atoms with Gasteiger partial charge in [0.1, 0.15) is 0 Å². The minimum atomic E-state index is -0.472. The molecule has 0 saturated heterocycles. The van der Waals surface area contributed by atoms with Crippen molar-refractivity contribution in [2.75, 3.05) is 0 Å². The van der Waals surface area contributed by atoms with Crippen LogP contribution in [0.4, 0.5) is 0 Å². The maximum atomic E-state index is 5.84. The molecule has 0 aromatic rings. The van der Waals surface area contributed by atoms with Crippen LogP contribution < -0.4 is 11.5 Å². The van der Waals surface area contributed by atoms with Gasteiger partial charge < -0.3 is 11.5 Å². The van der Waals surface area contributed by atoms with E-state index in [1.165, 1.54) is 0 Å². The fourth-order valence-corrected chi connectivity index (χ4v) is 0.889. The van der Waals surface area contributed by atoms with Crippen LogP contribution >= 0.6 is 18.8 Å². The number of hydrogen-bond acceptors (Lipinski definition) is 2. The first-order valence-corrected chi connectivity index (χ1v) is 9.85. The predicted octanol–water partition coefficient (Wildman–Crippen LogP) is 2.33. The summed E-state index contributed by atoms with van der Waals surface area (Å²) in [6.45, 7) is 8.42. The quantitative estimate of drug-likeness (QED) is 0.751. The second kappa shape index (κ2) is 9.73. The van der Waals surface area contributed by atoms with Crippen LogP contribution in [0.3, 0.4) is 0 Å². The van der Waals surface area contributed by atoms with Gasteiger partial charge in [-0.15, -0.1) is 0 Å². The second-order valence-electron chi connectivity index (χ2n) is 3.69. The Bertz CT molecular complexity index is 100. The van der Waals surface area contributed by atoms with Crippen molar-refractivity contribution in [3.63, 3.8) is 0 Å². The van der Waals surface area contributed by atoms with Gasteiger partial charge in [-0.05, 0) is 11.8 Å². The fraction of sp³-hybridized carbons (Fsp3) is 1.00.